The van der Waals surface area contributed by atoms with Gasteiger partial charge < -0.3 is 33.6 Å². The highest BCUT2D eigenvalue weighted by Crippen LogP contribution is 2.39. The molecule has 13 nitrogen and oxygen atoms in total. The number of para-hydroxylation sites is 3. The van der Waals surface area contributed by atoms with Gasteiger partial charge in [-0.25, -0.2) is 9.78 Å². The number of oxazole rings is 1. The van der Waals surface area contributed by atoms with Gasteiger partial charge in [-0.2, -0.15) is 0 Å². The lowest BCUT2D eigenvalue weighted by Crippen LogP contribution is -2.41. The van der Waals surface area contributed by atoms with Crippen molar-refractivity contribution in [2.75, 3.05) is 45.2 Å². The lowest BCUT2D eigenvalue weighted by Gasteiger charge is -2.32. The molecule has 0 aliphatic carbocycles. The van der Waals surface area contributed by atoms with E-state index in [1.54, 1.807) is 41.4 Å². The minimum atomic E-state index is -0.671. The number of ether oxygens (including phenoxy) is 2. The summed E-state index contributed by atoms with van der Waals surface area (Å²) in [5.41, 5.74) is 3.12. The molecule has 5 aromatic rings. The molecule has 0 fully saturated rings. The molecule has 264 valence electrons. The highest BCUT2D eigenvalue weighted by Gasteiger charge is 2.35. The summed E-state index contributed by atoms with van der Waals surface area (Å²) in [7, 11) is 1.54. The molecule has 0 spiro atoms. The first-order valence-electron chi connectivity index (χ1n) is 17.3. The molecule has 2 bridgehead atoms. The molecule has 2 aliphatic rings. The molecule has 3 aromatic carbocycles. The van der Waals surface area contributed by atoms with Gasteiger partial charge in [-0.1, -0.05) is 36.4 Å². The first-order valence-corrected chi connectivity index (χ1v) is 17.3. The smallest absolute Gasteiger partial charge is 0.420 e. The third kappa shape index (κ3) is 7.23. The van der Waals surface area contributed by atoms with Gasteiger partial charge in [0.05, 0.1) is 30.8 Å². The number of rotatable bonds is 4. The second kappa shape index (κ2) is 15.0. The normalized spacial score (nSPS) is 17.1. The SMILES string of the molecule is COc1cccc2c1NC(=O)CC2C(=O)N1CCCCN(C(=O)Cn2c(=O)oc3ccccc32)CCCOc2cccc(c2)-c2nccn2CC1. The lowest BCUT2D eigenvalue weighted by molar-refractivity contribution is -0.135. The van der Waals surface area contributed by atoms with Gasteiger partial charge in [0.15, 0.2) is 5.58 Å². The highest BCUT2D eigenvalue weighted by atomic mass is 16.5. The summed E-state index contributed by atoms with van der Waals surface area (Å²) in [5.74, 6) is 0.0954. The molecule has 0 saturated heterocycles. The van der Waals surface area contributed by atoms with Crippen molar-refractivity contribution in [3.63, 3.8) is 0 Å². The van der Waals surface area contributed by atoms with E-state index in [1.807, 2.05) is 52.1 Å². The maximum atomic E-state index is 14.4. The Kier molecular flexibility index (Phi) is 9.86. The van der Waals surface area contributed by atoms with E-state index in [4.69, 9.17) is 13.9 Å². The van der Waals surface area contributed by atoms with Crippen molar-refractivity contribution in [2.45, 2.75) is 44.7 Å². The predicted octanol–water partition coefficient (Wildman–Crippen LogP) is 4.51. The van der Waals surface area contributed by atoms with E-state index in [0.717, 1.165) is 17.0 Å². The molecular weight excluding hydrogens is 652 g/mol. The predicted molar refractivity (Wildman–Crippen MR) is 190 cm³/mol. The second-order valence-corrected chi connectivity index (χ2v) is 12.7. The quantitative estimate of drug-likeness (QED) is 0.290. The first kappa shape index (κ1) is 33.6. The van der Waals surface area contributed by atoms with Crippen molar-refractivity contribution in [3.8, 4) is 22.9 Å². The molecule has 2 aliphatic heterocycles. The molecular formula is C38H40N6O7. The van der Waals surface area contributed by atoms with Crippen LogP contribution in [0.4, 0.5) is 5.69 Å². The van der Waals surface area contributed by atoms with Crippen molar-refractivity contribution in [3.05, 3.63) is 95.2 Å². The van der Waals surface area contributed by atoms with Crippen LogP contribution >= 0.6 is 0 Å². The molecule has 7 rings (SSSR count). The summed E-state index contributed by atoms with van der Waals surface area (Å²) in [5, 5.41) is 2.89. The Hall–Kier alpha value is -5.85. The number of amides is 3. The average molecular weight is 693 g/mol. The van der Waals surface area contributed by atoms with Gasteiger partial charge in [0.2, 0.25) is 17.7 Å². The number of nitrogens with one attached hydrogen (secondary N) is 1. The van der Waals surface area contributed by atoms with Crippen molar-refractivity contribution < 1.29 is 28.3 Å². The van der Waals surface area contributed by atoms with E-state index < -0.39 is 11.7 Å². The van der Waals surface area contributed by atoms with Crippen LogP contribution in [0.15, 0.2) is 88.3 Å². The first-order chi connectivity index (χ1) is 24.9. The number of nitrogens with zero attached hydrogens (tertiary/aromatic N) is 5. The molecule has 1 N–H and O–H groups in total. The van der Waals surface area contributed by atoms with E-state index in [1.165, 1.54) is 11.7 Å². The average Bonchev–Trinajstić information content (AvgIpc) is 3.74. The van der Waals surface area contributed by atoms with E-state index in [-0.39, 0.29) is 30.7 Å². The zero-order valence-corrected chi connectivity index (χ0v) is 28.5. The van der Waals surface area contributed by atoms with Crippen LogP contribution < -0.4 is 20.5 Å². The number of anilines is 1. The molecule has 1 unspecified atom stereocenters. The largest absolute Gasteiger partial charge is 0.495 e. The molecule has 13 heteroatoms. The Morgan fingerprint density at radius 3 is 2.59 bits per heavy atom. The Balaban J connectivity index is 1.15. The fourth-order valence-corrected chi connectivity index (χ4v) is 6.92. The van der Waals surface area contributed by atoms with Gasteiger partial charge in [0, 0.05) is 57.1 Å². The summed E-state index contributed by atoms with van der Waals surface area (Å²) in [6.07, 6.45) is 5.47. The molecule has 2 aromatic heterocycles. The van der Waals surface area contributed by atoms with E-state index in [2.05, 4.69) is 10.3 Å². The number of benzene rings is 3. The standard InChI is InChI=1S/C38H40N6O7/c1-49-32-14-7-11-28-29(24-33(45)40-35(28)32)37(47)43-17-5-4-16-41(34(46)25-44-30-12-2-3-13-31(30)51-38(44)48)18-8-22-50-27-10-6-9-26(23-27)36-39-15-19-42(36)20-21-43/h2-3,6-7,9-15,19,23,29H,4-5,8,16-18,20-22,24-25H2,1H3,(H,40,45). The fraction of sp³-hybridized carbons (Fsp3) is 0.342. The van der Waals surface area contributed by atoms with Gasteiger partial charge in [-0.3, -0.25) is 19.0 Å². The minimum absolute atomic E-state index is 0.0307. The van der Waals surface area contributed by atoms with Crippen LogP contribution in [0.2, 0.25) is 0 Å². The summed E-state index contributed by atoms with van der Waals surface area (Å²) >= 11 is 0. The summed E-state index contributed by atoms with van der Waals surface area (Å²) < 4.78 is 20.3. The number of imidazole rings is 1. The van der Waals surface area contributed by atoms with E-state index in [0.29, 0.717) is 86.9 Å². The van der Waals surface area contributed by atoms with Crippen molar-refractivity contribution in [2.24, 2.45) is 0 Å². The molecule has 4 heterocycles. The van der Waals surface area contributed by atoms with Crippen LogP contribution in [0.3, 0.4) is 0 Å². The molecule has 51 heavy (non-hydrogen) atoms. The van der Waals surface area contributed by atoms with Crippen molar-refractivity contribution >= 4 is 34.5 Å². The van der Waals surface area contributed by atoms with Gasteiger partial charge in [0.25, 0.3) is 0 Å². The van der Waals surface area contributed by atoms with Gasteiger partial charge in [0.1, 0.15) is 23.9 Å². The topological polar surface area (TPSA) is 141 Å². The molecule has 1 atom stereocenters. The Morgan fingerprint density at radius 2 is 1.73 bits per heavy atom. The number of hydrogen-bond acceptors (Lipinski definition) is 8. The summed E-state index contributed by atoms with van der Waals surface area (Å²) in [6.45, 7) is 2.38. The minimum Gasteiger partial charge on any atom is -0.495 e. The van der Waals surface area contributed by atoms with Gasteiger partial charge in [-0.05, 0) is 55.2 Å². The number of fused-ring (bicyclic) bond motifs is 6. The molecule has 3 amide bonds. The summed E-state index contributed by atoms with van der Waals surface area (Å²) in [4.78, 5) is 61.8. The Labute approximate surface area is 294 Å². The van der Waals surface area contributed by atoms with Crippen molar-refractivity contribution in [1.82, 2.24) is 23.9 Å². The Morgan fingerprint density at radius 1 is 0.922 bits per heavy atom. The van der Waals surface area contributed by atoms with Crippen LogP contribution in [0.1, 0.15) is 37.2 Å². The van der Waals surface area contributed by atoms with Gasteiger partial charge in [-0.15, -0.1) is 0 Å². The number of aromatic nitrogens is 3. The zero-order chi connectivity index (χ0) is 35.3. The monoisotopic (exact) mass is 692 g/mol. The Bertz CT molecular complexity index is 2120. The molecule has 0 saturated carbocycles. The van der Waals surface area contributed by atoms with Crippen LogP contribution in [-0.4, -0.2) is 81.5 Å². The number of methoxy groups -OCH3 is 1. The highest BCUT2D eigenvalue weighted by molar-refractivity contribution is 6.02. The number of carbonyl (C=O) groups excluding carboxylic acids is 3. The van der Waals surface area contributed by atoms with Crippen molar-refractivity contribution in [1.29, 1.82) is 0 Å². The van der Waals surface area contributed by atoms with E-state index in [9.17, 15) is 19.2 Å². The third-order valence-corrected chi connectivity index (χ3v) is 9.50. The van der Waals surface area contributed by atoms with Crippen LogP contribution in [0.5, 0.6) is 11.5 Å². The number of carbonyl (C=O) groups is 3. The maximum absolute atomic E-state index is 14.4. The zero-order valence-electron chi connectivity index (χ0n) is 28.5. The van der Waals surface area contributed by atoms with Crippen LogP contribution in [0.25, 0.3) is 22.5 Å². The van der Waals surface area contributed by atoms with E-state index >= 15 is 0 Å². The maximum Gasteiger partial charge on any atom is 0.420 e. The van der Waals surface area contributed by atoms with Gasteiger partial charge >= 0.3 is 5.76 Å². The van der Waals surface area contributed by atoms with Crippen LogP contribution in [0, 0.1) is 0 Å². The van der Waals surface area contributed by atoms with Crippen LogP contribution in [-0.2, 0) is 27.5 Å². The third-order valence-electron chi connectivity index (χ3n) is 9.50. The summed E-state index contributed by atoms with van der Waals surface area (Å²) in [6, 6.07) is 20.2. The lowest BCUT2D eigenvalue weighted by atomic mass is 9.88. The fourth-order valence-electron chi connectivity index (χ4n) is 6.92. The number of hydrogen-bond donors (Lipinski definition) is 1. The molecule has 0 radical (unpaired) electrons. The second-order valence-electron chi connectivity index (χ2n) is 12.7.